The number of ether oxygens (including phenoxy) is 1. The van der Waals surface area contributed by atoms with Gasteiger partial charge in [0.2, 0.25) is 0 Å². The zero-order valence-corrected chi connectivity index (χ0v) is 12.8. The fraction of sp³-hybridized carbons (Fsp3) is 0.600. The highest BCUT2D eigenvalue weighted by Crippen LogP contribution is 2.34. The number of hydrogen-bond acceptors (Lipinski definition) is 2. The minimum absolute atomic E-state index is 0.443. The highest BCUT2D eigenvalue weighted by molar-refractivity contribution is 9.10. The Labute approximate surface area is 118 Å². The Kier molecular flexibility index (Phi) is 5.07. The minimum Gasteiger partial charge on any atom is -0.493 e. The maximum atomic E-state index is 5.69. The largest absolute Gasteiger partial charge is 0.493 e. The fourth-order valence-corrected chi connectivity index (χ4v) is 2.74. The van der Waals surface area contributed by atoms with Crippen LogP contribution in [-0.4, -0.2) is 13.2 Å². The van der Waals surface area contributed by atoms with E-state index in [0.29, 0.717) is 6.04 Å². The van der Waals surface area contributed by atoms with E-state index < -0.39 is 0 Å². The lowest BCUT2D eigenvalue weighted by atomic mass is 10.00. The molecule has 1 aliphatic rings. The highest BCUT2D eigenvalue weighted by Gasteiger charge is 2.20. The molecule has 1 aliphatic heterocycles. The molecule has 1 N–H and O–H groups in total. The van der Waals surface area contributed by atoms with Gasteiger partial charge in [-0.25, -0.2) is 0 Å². The zero-order valence-electron chi connectivity index (χ0n) is 11.2. The van der Waals surface area contributed by atoms with Crippen LogP contribution in [0.4, 0.5) is 0 Å². The second-order valence-electron chi connectivity index (χ2n) is 5.36. The summed E-state index contributed by atoms with van der Waals surface area (Å²) in [6.45, 7) is 6.47. The molecule has 1 heterocycles. The van der Waals surface area contributed by atoms with Crippen molar-refractivity contribution in [1.82, 2.24) is 5.32 Å². The van der Waals surface area contributed by atoms with Gasteiger partial charge in [0.1, 0.15) is 5.75 Å². The molecule has 0 bridgehead atoms. The Balaban J connectivity index is 1.93. The third-order valence-corrected chi connectivity index (χ3v) is 3.85. The Bertz CT molecular complexity index is 392. The van der Waals surface area contributed by atoms with Gasteiger partial charge < -0.3 is 10.1 Å². The van der Waals surface area contributed by atoms with Crippen LogP contribution in [0.25, 0.3) is 0 Å². The summed E-state index contributed by atoms with van der Waals surface area (Å²) < 4.78 is 6.82. The molecular formula is C15H22BrNO. The number of rotatable bonds is 5. The molecule has 0 spiro atoms. The molecule has 0 aromatic heterocycles. The van der Waals surface area contributed by atoms with Gasteiger partial charge in [0.25, 0.3) is 0 Å². The van der Waals surface area contributed by atoms with Crippen LogP contribution in [0.5, 0.6) is 5.75 Å². The average Bonchev–Trinajstić information content (AvgIpc) is 2.34. The lowest BCUT2D eigenvalue weighted by molar-refractivity contribution is 0.252. The van der Waals surface area contributed by atoms with E-state index in [1.807, 2.05) is 6.07 Å². The van der Waals surface area contributed by atoms with Gasteiger partial charge in [0.05, 0.1) is 6.61 Å². The van der Waals surface area contributed by atoms with Crippen molar-refractivity contribution < 1.29 is 4.74 Å². The number of fused-ring (bicyclic) bond motifs is 1. The fourth-order valence-electron chi connectivity index (χ4n) is 2.36. The van der Waals surface area contributed by atoms with Crippen molar-refractivity contribution in [3.63, 3.8) is 0 Å². The Morgan fingerprint density at radius 2 is 2.28 bits per heavy atom. The number of halogens is 1. The summed E-state index contributed by atoms with van der Waals surface area (Å²) in [4.78, 5) is 0. The van der Waals surface area contributed by atoms with Gasteiger partial charge >= 0.3 is 0 Å². The van der Waals surface area contributed by atoms with Gasteiger partial charge in [-0.3, -0.25) is 0 Å². The summed E-state index contributed by atoms with van der Waals surface area (Å²) in [5, 5.41) is 3.66. The third-order valence-electron chi connectivity index (χ3n) is 3.36. The normalized spacial score (nSPS) is 18.6. The van der Waals surface area contributed by atoms with Crippen LogP contribution in [0, 0.1) is 5.92 Å². The van der Waals surface area contributed by atoms with E-state index in [9.17, 15) is 0 Å². The van der Waals surface area contributed by atoms with E-state index >= 15 is 0 Å². The van der Waals surface area contributed by atoms with E-state index in [1.165, 1.54) is 18.4 Å². The van der Waals surface area contributed by atoms with Gasteiger partial charge in [0.15, 0.2) is 0 Å². The second-order valence-corrected chi connectivity index (χ2v) is 6.28. The second kappa shape index (κ2) is 6.58. The third kappa shape index (κ3) is 3.72. The molecular weight excluding hydrogens is 290 g/mol. The molecule has 0 saturated carbocycles. The van der Waals surface area contributed by atoms with Gasteiger partial charge in [-0.2, -0.15) is 0 Å². The molecule has 0 radical (unpaired) electrons. The van der Waals surface area contributed by atoms with Crippen LogP contribution in [-0.2, 0) is 0 Å². The van der Waals surface area contributed by atoms with E-state index in [-0.39, 0.29) is 0 Å². The first-order valence-corrected chi connectivity index (χ1v) is 7.61. The van der Waals surface area contributed by atoms with E-state index in [4.69, 9.17) is 4.74 Å². The van der Waals surface area contributed by atoms with E-state index in [2.05, 4.69) is 47.2 Å². The van der Waals surface area contributed by atoms with Crippen molar-refractivity contribution in [2.24, 2.45) is 5.92 Å². The van der Waals surface area contributed by atoms with Gasteiger partial charge in [0, 0.05) is 22.5 Å². The van der Waals surface area contributed by atoms with Gasteiger partial charge in [-0.1, -0.05) is 29.8 Å². The van der Waals surface area contributed by atoms with Crippen LogP contribution < -0.4 is 10.1 Å². The first-order valence-electron chi connectivity index (χ1n) is 6.82. The molecule has 0 fully saturated rings. The van der Waals surface area contributed by atoms with E-state index in [1.54, 1.807) is 0 Å². The monoisotopic (exact) mass is 311 g/mol. The average molecular weight is 312 g/mol. The van der Waals surface area contributed by atoms with Crippen molar-refractivity contribution in [1.29, 1.82) is 0 Å². The SMILES string of the molecule is CC(C)CCCNC1CCOc2ccc(Br)cc21. The molecule has 1 aromatic rings. The molecule has 100 valence electrons. The summed E-state index contributed by atoms with van der Waals surface area (Å²) in [7, 11) is 0. The van der Waals surface area contributed by atoms with Gasteiger partial charge in [-0.15, -0.1) is 0 Å². The Hall–Kier alpha value is -0.540. The molecule has 3 heteroatoms. The first kappa shape index (κ1) is 13.9. The summed E-state index contributed by atoms with van der Waals surface area (Å²) in [5.74, 6) is 1.83. The van der Waals surface area contributed by atoms with Crippen molar-refractivity contribution >= 4 is 15.9 Å². The molecule has 0 amide bonds. The smallest absolute Gasteiger partial charge is 0.124 e. The molecule has 1 atom stereocenters. The van der Waals surface area contributed by atoms with Crippen molar-refractivity contribution in [2.75, 3.05) is 13.2 Å². The summed E-state index contributed by atoms with van der Waals surface area (Å²) in [6, 6.07) is 6.72. The topological polar surface area (TPSA) is 21.3 Å². The summed E-state index contributed by atoms with van der Waals surface area (Å²) >= 11 is 3.54. The first-order chi connectivity index (χ1) is 8.66. The van der Waals surface area contributed by atoms with Crippen molar-refractivity contribution in [2.45, 2.75) is 39.2 Å². The van der Waals surface area contributed by atoms with Crippen LogP contribution in [0.3, 0.4) is 0 Å². The van der Waals surface area contributed by atoms with Crippen LogP contribution >= 0.6 is 15.9 Å². The molecule has 0 aliphatic carbocycles. The van der Waals surface area contributed by atoms with Gasteiger partial charge in [-0.05, 0) is 43.5 Å². The maximum Gasteiger partial charge on any atom is 0.124 e. The maximum absolute atomic E-state index is 5.69. The molecule has 18 heavy (non-hydrogen) atoms. The van der Waals surface area contributed by atoms with Crippen molar-refractivity contribution in [3.8, 4) is 5.75 Å². The predicted octanol–water partition coefficient (Wildman–Crippen LogP) is 4.30. The molecule has 0 saturated heterocycles. The number of benzene rings is 1. The molecule has 2 nitrogen and oxygen atoms in total. The minimum atomic E-state index is 0.443. The predicted molar refractivity (Wildman–Crippen MR) is 79.1 cm³/mol. The molecule has 1 unspecified atom stereocenters. The van der Waals surface area contributed by atoms with Crippen LogP contribution in [0.15, 0.2) is 22.7 Å². The van der Waals surface area contributed by atoms with Crippen molar-refractivity contribution in [3.05, 3.63) is 28.2 Å². The quantitative estimate of drug-likeness (QED) is 0.819. The number of nitrogens with one attached hydrogen (secondary N) is 1. The standard InChI is InChI=1S/C15H22BrNO/c1-11(2)4-3-8-17-14-7-9-18-15-6-5-12(16)10-13(14)15/h5-6,10-11,14,17H,3-4,7-9H2,1-2H3. The lowest BCUT2D eigenvalue weighted by Crippen LogP contribution is -2.28. The molecule has 2 rings (SSSR count). The Morgan fingerprint density at radius 1 is 1.44 bits per heavy atom. The summed E-state index contributed by atoms with van der Waals surface area (Å²) in [6.07, 6.45) is 3.60. The Morgan fingerprint density at radius 3 is 3.06 bits per heavy atom. The van der Waals surface area contributed by atoms with Crippen LogP contribution in [0.2, 0.25) is 0 Å². The summed E-state index contributed by atoms with van der Waals surface area (Å²) in [5.41, 5.74) is 1.29. The lowest BCUT2D eigenvalue weighted by Gasteiger charge is -2.27. The zero-order chi connectivity index (χ0) is 13.0. The van der Waals surface area contributed by atoms with Crippen LogP contribution in [0.1, 0.15) is 44.7 Å². The molecule has 1 aromatic carbocycles. The number of hydrogen-bond donors (Lipinski definition) is 1. The van der Waals surface area contributed by atoms with E-state index in [0.717, 1.165) is 35.7 Å². The highest BCUT2D eigenvalue weighted by atomic mass is 79.9.